The van der Waals surface area contributed by atoms with Crippen molar-refractivity contribution in [1.29, 1.82) is 0 Å². The maximum atomic E-state index is 2.48. The van der Waals surface area contributed by atoms with Crippen molar-refractivity contribution >= 4 is 39.2 Å². The molecule has 0 radical (unpaired) electrons. The molecule has 0 unspecified atom stereocenters. The Morgan fingerprint density at radius 2 is 1.02 bits per heavy atom. The highest BCUT2D eigenvalue weighted by atomic mass is 15.1. The highest BCUT2D eigenvalue weighted by Gasteiger charge is 2.25. The van der Waals surface area contributed by atoms with Crippen molar-refractivity contribution in [2.24, 2.45) is 0 Å². The number of unbranched alkanes of at least 4 members (excludes halogenated alkanes) is 2. The van der Waals surface area contributed by atoms with Crippen LogP contribution in [0.4, 0.5) is 28.4 Å². The van der Waals surface area contributed by atoms with E-state index in [2.05, 4.69) is 178 Å². The number of fused-ring (bicyclic) bond motifs is 1. The van der Waals surface area contributed by atoms with Gasteiger partial charge in [0.25, 0.3) is 0 Å². The van der Waals surface area contributed by atoms with Crippen LogP contribution in [0.25, 0.3) is 10.8 Å². The van der Waals surface area contributed by atoms with Crippen LogP contribution in [-0.2, 0) is 17.3 Å². The molecule has 50 heavy (non-hydrogen) atoms. The van der Waals surface area contributed by atoms with Gasteiger partial charge in [0.15, 0.2) is 0 Å². The van der Waals surface area contributed by atoms with Gasteiger partial charge >= 0.3 is 0 Å². The Bertz CT molecular complexity index is 1890. The molecule has 0 atom stereocenters. The molecule has 0 aliphatic heterocycles. The second kappa shape index (κ2) is 15.1. The summed E-state index contributed by atoms with van der Waals surface area (Å²) in [5.74, 6) is 0. The first-order valence-electron chi connectivity index (χ1n) is 19.1. The predicted octanol–water partition coefficient (Wildman–Crippen LogP) is 14.4. The average molecular weight is 667 g/mol. The third kappa shape index (κ3) is 7.65. The fourth-order valence-electron chi connectivity index (χ4n) is 7.82. The van der Waals surface area contributed by atoms with E-state index in [4.69, 9.17) is 0 Å². The molecular weight excluding hydrogens is 605 g/mol. The monoisotopic (exact) mass is 666 g/mol. The zero-order valence-electron chi connectivity index (χ0n) is 33.2. The summed E-state index contributed by atoms with van der Waals surface area (Å²) in [6.45, 7) is 25.3. The standard InChI is InChI=1S/C48H62N2/c1-13-16-17-18-37-27-33(4)45(34(5)28-37)49(12)43-23-19-39-32-44(24-20-38(39)31-43)50(42-25-21-40(22-26-42)48(11,14-2)15-3)46-35(6)29-41(30-36(46)7)47(8,9)10/h19-32H,13-18H2,1-12H3. The van der Waals surface area contributed by atoms with Crippen LogP contribution < -0.4 is 9.80 Å². The zero-order chi connectivity index (χ0) is 36.4. The van der Waals surface area contributed by atoms with Gasteiger partial charge in [-0.05, 0) is 150 Å². The van der Waals surface area contributed by atoms with E-state index in [1.54, 1.807) is 0 Å². The normalized spacial score (nSPS) is 12.1. The molecular formula is C48H62N2. The molecule has 0 fully saturated rings. The van der Waals surface area contributed by atoms with Crippen LogP contribution in [-0.4, -0.2) is 7.05 Å². The number of nitrogens with zero attached hydrogens (tertiary/aromatic N) is 2. The summed E-state index contributed by atoms with van der Waals surface area (Å²) in [4.78, 5) is 4.84. The van der Waals surface area contributed by atoms with E-state index in [1.807, 2.05) is 0 Å². The lowest BCUT2D eigenvalue weighted by molar-refractivity contribution is 0.439. The number of rotatable bonds is 12. The third-order valence-electron chi connectivity index (χ3n) is 11.4. The lowest BCUT2D eigenvalue weighted by Gasteiger charge is -2.32. The average Bonchev–Trinajstić information content (AvgIpc) is 3.08. The summed E-state index contributed by atoms with van der Waals surface area (Å²) >= 11 is 0. The van der Waals surface area contributed by atoms with E-state index in [9.17, 15) is 0 Å². The largest absolute Gasteiger partial charge is 0.344 e. The van der Waals surface area contributed by atoms with Crippen LogP contribution in [0.5, 0.6) is 0 Å². The highest BCUT2D eigenvalue weighted by Crippen LogP contribution is 2.43. The van der Waals surface area contributed by atoms with Crippen molar-refractivity contribution in [2.75, 3.05) is 16.8 Å². The lowest BCUT2D eigenvalue weighted by Crippen LogP contribution is -2.20. The number of aryl methyl sites for hydroxylation is 5. The Hall–Kier alpha value is -4.04. The van der Waals surface area contributed by atoms with Crippen LogP contribution in [0.2, 0.25) is 0 Å². The molecule has 0 aliphatic rings. The molecule has 0 N–H and O–H groups in total. The second-order valence-corrected chi connectivity index (χ2v) is 16.2. The van der Waals surface area contributed by atoms with E-state index in [-0.39, 0.29) is 10.8 Å². The molecule has 5 aromatic carbocycles. The number of hydrogen-bond acceptors (Lipinski definition) is 2. The number of benzene rings is 5. The van der Waals surface area contributed by atoms with Gasteiger partial charge in [-0.3, -0.25) is 0 Å². The third-order valence-corrected chi connectivity index (χ3v) is 11.4. The van der Waals surface area contributed by atoms with Crippen LogP contribution in [0.15, 0.2) is 84.9 Å². The maximum Gasteiger partial charge on any atom is 0.0520 e. The minimum atomic E-state index is 0.0901. The zero-order valence-corrected chi connectivity index (χ0v) is 33.2. The Balaban J connectivity index is 1.56. The highest BCUT2D eigenvalue weighted by molar-refractivity contribution is 5.92. The van der Waals surface area contributed by atoms with Crippen molar-refractivity contribution in [3.05, 3.63) is 124 Å². The second-order valence-electron chi connectivity index (χ2n) is 16.2. The molecule has 264 valence electrons. The minimum absolute atomic E-state index is 0.0901. The molecule has 0 amide bonds. The fraction of sp³-hybridized carbons (Fsp3) is 0.417. The molecule has 0 bridgehead atoms. The van der Waals surface area contributed by atoms with Gasteiger partial charge in [-0.2, -0.15) is 0 Å². The maximum absolute atomic E-state index is 2.48. The van der Waals surface area contributed by atoms with Gasteiger partial charge in [-0.15, -0.1) is 0 Å². The van der Waals surface area contributed by atoms with Crippen LogP contribution in [0, 0.1) is 27.7 Å². The fourth-order valence-corrected chi connectivity index (χ4v) is 7.82. The SMILES string of the molecule is CCCCCc1cc(C)c(N(C)c2ccc3cc(N(c4ccc(C(C)(CC)CC)cc4)c4c(C)cc(C(C)(C)C)cc4C)ccc3c2)c(C)c1. The van der Waals surface area contributed by atoms with Gasteiger partial charge in [0.1, 0.15) is 0 Å². The molecule has 5 aromatic rings. The smallest absolute Gasteiger partial charge is 0.0520 e. The summed E-state index contributed by atoms with van der Waals surface area (Å²) in [5.41, 5.74) is 16.0. The Labute approximate surface area is 304 Å². The van der Waals surface area contributed by atoms with Crippen molar-refractivity contribution in [2.45, 2.75) is 126 Å². The van der Waals surface area contributed by atoms with Crippen molar-refractivity contribution in [1.82, 2.24) is 0 Å². The summed E-state index contributed by atoms with van der Waals surface area (Å²) in [7, 11) is 2.21. The van der Waals surface area contributed by atoms with Crippen molar-refractivity contribution < 1.29 is 0 Å². The van der Waals surface area contributed by atoms with Crippen molar-refractivity contribution in [3.8, 4) is 0 Å². The van der Waals surface area contributed by atoms with Crippen molar-refractivity contribution in [3.63, 3.8) is 0 Å². The molecule has 2 heteroatoms. The summed E-state index contributed by atoms with van der Waals surface area (Å²) in [6.07, 6.45) is 7.24. The Morgan fingerprint density at radius 1 is 0.520 bits per heavy atom. The molecule has 0 spiro atoms. The molecule has 0 saturated carbocycles. The summed E-state index contributed by atoms with van der Waals surface area (Å²) in [6, 6.07) is 32.8. The lowest BCUT2D eigenvalue weighted by atomic mass is 9.78. The molecule has 0 heterocycles. The number of hydrogen-bond donors (Lipinski definition) is 0. The first-order chi connectivity index (χ1) is 23.7. The van der Waals surface area contributed by atoms with Gasteiger partial charge in [-0.1, -0.05) is 110 Å². The van der Waals surface area contributed by atoms with E-state index in [0.717, 1.165) is 19.3 Å². The Kier molecular flexibility index (Phi) is 11.2. The van der Waals surface area contributed by atoms with Gasteiger partial charge < -0.3 is 9.80 Å². The van der Waals surface area contributed by atoms with Crippen LogP contribution in [0.3, 0.4) is 0 Å². The topological polar surface area (TPSA) is 6.48 Å². The van der Waals surface area contributed by atoms with Gasteiger partial charge in [-0.25, -0.2) is 0 Å². The van der Waals surface area contributed by atoms with E-state index in [0.29, 0.717) is 0 Å². The molecule has 0 saturated heterocycles. The summed E-state index contributed by atoms with van der Waals surface area (Å²) in [5, 5.41) is 2.49. The number of anilines is 5. The molecule has 0 aliphatic carbocycles. The van der Waals surface area contributed by atoms with E-state index >= 15 is 0 Å². The Morgan fingerprint density at radius 3 is 1.54 bits per heavy atom. The first-order valence-corrected chi connectivity index (χ1v) is 19.1. The van der Waals surface area contributed by atoms with E-state index in [1.165, 1.54) is 97.4 Å². The molecule has 0 aromatic heterocycles. The van der Waals surface area contributed by atoms with Gasteiger partial charge in [0.05, 0.1) is 5.69 Å². The molecule has 5 rings (SSSR count). The minimum Gasteiger partial charge on any atom is -0.344 e. The molecule has 2 nitrogen and oxygen atoms in total. The van der Waals surface area contributed by atoms with Crippen LogP contribution >= 0.6 is 0 Å². The first kappa shape index (κ1) is 37.2. The van der Waals surface area contributed by atoms with Gasteiger partial charge in [0, 0.05) is 29.8 Å². The predicted molar refractivity (Wildman–Crippen MR) is 222 cm³/mol. The van der Waals surface area contributed by atoms with Gasteiger partial charge in [0.2, 0.25) is 0 Å². The quantitative estimate of drug-likeness (QED) is 0.122. The summed E-state index contributed by atoms with van der Waals surface area (Å²) < 4.78 is 0. The van der Waals surface area contributed by atoms with Crippen LogP contribution in [0.1, 0.15) is 120 Å². The van der Waals surface area contributed by atoms with E-state index < -0.39 is 0 Å².